The van der Waals surface area contributed by atoms with Crippen LogP contribution in [0.3, 0.4) is 0 Å². The monoisotopic (exact) mass is 1910 g/mol. The minimum atomic E-state index is -5.04. The summed E-state index contributed by atoms with van der Waals surface area (Å²) in [7, 11) is 0.306. The minimum absolute atomic E-state index is 0.0121. The molecule has 32 nitrogen and oxygen atoms in total. The molecule has 0 spiro atoms. The first-order valence-electron chi connectivity index (χ1n) is 40.9. The van der Waals surface area contributed by atoms with Crippen LogP contribution >= 0.6 is 31.9 Å². The van der Waals surface area contributed by atoms with Crippen molar-refractivity contribution in [3.63, 3.8) is 0 Å². The molecule has 14 rings (SSSR count). The van der Waals surface area contributed by atoms with Gasteiger partial charge in [-0.3, -0.25) is 8.98 Å². The van der Waals surface area contributed by atoms with Gasteiger partial charge in [0.2, 0.25) is 23.3 Å². The van der Waals surface area contributed by atoms with E-state index in [2.05, 4.69) is 116 Å². The molecule has 0 bridgehead atoms. The molecule has 6 aromatic heterocycles. The van der Waals surface area contributed by atoms with Crippen molar-refractivity contribution in [3.05, 3.63) is 254 Å². The number of methoxy groups -OCH3 is 3. The lowest BCUT2D eigenvalue weighted by Crippen LogP contribution is -2.29. The highest BCUT2D eigenvalue weighted by molar-refractivity contribution is 9.10. The molecular weight excluding hydrogens is 1800 g/mol. The number of nitrogens with one attached hydrogen (secondary N) is 1. The third-order valence-corrected chi connectivity index (χ3v) is 20.9. The lowest BCUT2D eigenvalue weighted by atomic mass is 9.74. The Balaban J connectivity index is 0.000000230. The molecule has 0 atom stereocenters. The van der Waals surface area contributed by atoms with Crippen molar-refractivity contribution < 1.29 is 104 Å². The fraction of sp³-hybridized carbons (Fsp3) is 0.409. The number of nitrogens with zero attached hydrogens (tertiary/aromatic N) is 12. The van der Waals surface area contributed by atoms with E-state index < -0.39 is 59.2 Å². The lowest BCUT2D eigenvalue weighted by molar-refractivity contribution is -0.167. The van der Waals surface area contributed by atoms with Crippen LogP contribution in [-0.4, -0.2) is 177 Å². The van der Waals surface area contributed by atoms with Crippen LogP contribution in [0.25, 0.3) is 5.57 Å². The van der Waals surface area contributed by atoms with Crippen molar-refractivity contribution in [2.24, 2.45) is 0 Å². The number of rotatable bonds is 20. The third kappa shape index (κ3) is 39.7. The molecule has 39 heteroatoms. The van der Waals surface area contributed by atoms with Crippen LogP contribution in [0, 0.1) is 0 Å². The highest BCUT2D eigenvalue weighted by Crippen LogP contribution is 2.35. The van der Waals surface area contributed by atoms with Gasteiger partial charge < -0.3 is 54.4 Å². The zero-order chi connectivity index (χ0) is 92.4. The highest BCUT2D eigenvalue weighted by atomic mass is 79.9. The molecule has 5 aliphatic carbocycles. The predicted octanol–water partition coefficient (Wildman–Crippen LogP) is 15.7. The van der Waals surface area contributed by atoms with Crippen LogP contribution in [0.1, 0.15) is 263 Å². The molecule has 6 N–H and O–H groups in total. The second-order valence-corrected chi connectivity index (χ2v) is 32.2. The van der Waals surface area contributed by atoms with Crippen molar-refractivity contribution in [2.45, 2.75) is 198 Å². The number of halogens is 5. The number of carboxylic acid groups (broad SMARTS) is 1. The van der Waals surface area contributed by atoms with E-state index in [0.29, 0.717) is 33.9 Å². The van der Waals surface area contributed by atoms with E-state index in [9.17, 15) is 50.4 Å². The molecule has 3 fully saturated rings. The van der Waals surface area contributed by atoms with Crippen molar-refractivity contribution in [1.29, 1.82) is 0 Å². The molecule has 9 aromatic rings. The quantitative estimate of drug-likeness (QED) is 0.0179. The number of allylic oxidation sites excluding steroid dienone is 4. The summed E-state index contributed by atoms with van der Waals surface area (Å²) < 4.78 is 89.9. The number of carbonyl (C=O) groups is 6. The number of hydrogen-bond donors (Lipinski definition) is 6. The second kappa shape index (κ2) is 57.5. The number of amides is 1. The van der Waals surface area contributed by atoms with Gasteiger partial charge in [0.25, 0.3) is 10.1 Å². The number of aliphatic hydroxyl groups excluding tert-OH is 2. The van der Waals surface area contributed by atoms with Crippen LogP contribution < -0.4 is 10.1 Å². The Morgan fingerprint density at radius 3 is 1.27 bits per heavy atom. The Morgan fingerprint density at radius 1 is 0.488 bits per heavy atom. The summed E-state index contributed by atoms with van der Waals surface area (Å²) in [5.41, 5.74) is 8.04. The van der Waals surface area contributed by atoms with Gasteiger partial charge in [-0.2, -0.15) is 21.6 Å². The van der Waals surface area contributed by atoms with Gasteiger partial charge in [-0.25, -0.2) is 83.8 Å². The number of carboxylic acids is 1. The SMILES string of the molecule is CO.COC(=O)c1ncc(Br)cn1.COC(=O)c1ncc(C2=CCCCC2)cn1.COC(=O)c1ncc(C2CCCCC2)cn1.CS(=O)(=O)OCc1ncc(C2CCCCC2)cn1.O=C(O)c1ncc(Br)cn1.O=C(OCc1ccccc1)c1ccc(NC(=O)C(F)(F)F)cc1OCc1ccccc1.OB(O)C1=CCCCC1.OCc1ncc(C2CCCCC2)cn1. The van der Waals surface area contributed by atoms with Crippen molar-refractivity contribution >= 4 is 96.1 Å². The molecule has 0 unspecified atom stereocenters. The smallest absolute Gasteiger partial charge is 0.483 e. The molecule has 3 saturated carbocycles. The van der Waals surface area contributed by atoms with Crippen LogP contribution in [0.4, 0.5) is 18.9 Å². The first kappa shape index (κ1) is 105. The maximum atomic E-state index is 12.6. The van der Waals surface area contributed by atoms with Crippen molar-refractivity contribution in [1.82, 2.24) is 59.8 Å². The summed E-state index contributed by atoms with van der Waals surface area (Å²) in [5.74, 6) is -2.64. The summed E-state index contributed by atoms with van der Waals surface area (Å²) in [6, 6.07) is 21.6. The van der Waals surface area contributed by atoms with E-state index in [1.807, 2.05) is 30.6 Å². The van der Waals surface area contributed by atoms with E-state index >= 15 is 0 Å². The van der Waals surface area contributed by atoms with Gasteiger partial charge in [0.05, 0.1) is 36.5 Å². The number of aromatic nitrogens is 12. The standard InChI is InChI=1S/C23H18F3NO4.C12H18N2O3S.C12H16N2O2.C12H14N2O2.C11H16N2O.C6H11BO2.C6H5BrN2O2.C5H3BrN2O2.CH4O/c24-23(25,26)22(29)27-18-11-12-19(21(28)31-15-17-9-5-2-6-10-17)20(13-18)30-14-16-7-3-1-4-8-16;1-18(15,16)17-9-12-13-7-11(8-14-12)10-5-3-2-4-6-10;2*1-16-12(15)11-13-7-10(8-14-11)9-5-3-2-4-6-9;14-8-11-12-6-10(7-13-11)9-4-2-1-3-5-9;8-7(9)6-4-2-1-3-5-6;1-11-6(10)5-8-2-4(7)3-9-5;6-3-1-7-4(5(9)10)8-2-3;1-2/h1-13H,14-15H2,(H,27,29);7-8,10H,2-6,9H2,1H3;7-9H,2-6H2,1H3;5,7-8H,2-4,6H2,1H3;6-7,9,14H,1-5,8H2;4,8-9H,1-3,5H2;2-3H,1H3;1-2H,(H,9,10);2H,1H3. The van der Waals surface area contributed by atoms with Crippen molar-refractivity contribution in [2.75, 3.05) is 40.0 Å². The topological polar surface area (TPSA) is 460 Å². The molecule has 0 aliphatic heterocycles. The number of alkyl halides is 3. The molecule has 3 aromatic carbocycles. The molecule has 6 heterocycles. The largest absolute Gasteiger partial charge is 0.488 e. The third-order valence-electron chi connectivity index (χ3n) is 19.6. The zero-order valence-corrected chi connectivity index (χ0v) is 75.1. The molecule has 0 saturated heterocycles. The number of carbonyl (C=O) groups excluding carboxylic acids is 5. The van der Waals surface area contributed by atoms with Gasteiger partial charge in [-0.15, -0.1) is 0 Å². The highest BCUT2D eigenvalue weighted by Gasteiger charge is 2.39. The summed E-state index contributed by atoms with van der Waals surface area (Å²) >= 11 is 6.22. The molecule has 680 valence electrons. The molecule has 127 heavy (non-hydrogen) atoms. The molecular formula is C88H105BBr2F3N13O19S. The first-order chi connectivity index (χ1) is 61.1. The fourth-order valence-corrected chi connectivity index (χ4v) is 13.7. The number of hydrogen-bond acceptors (Lipinski definition) is 30. The number of aromatic carboxylic acids is 1. The normalized spacial score (nSPS) is 14.3. The number of esters is 4. The van der Waals surface area contributed by atoms with Crippen LogP contribution in [-0.2, 0) is 64.5 Å². The van der Waals surface area contributed by atoms with E-state index in [0.717, 1.165) is 89.3 Å². The van der Waals surface area contributed by atoms with E-state index in [4.69, 9.17) is 34.8 Å². The van der Waals surface area contributed by atoms with Gasteiger partial charge in [0.1, 0.15) is 37.7 Å². The van der Waals surface area contributed by atoms with Crippen LogP contribution in [0.15, 0.2) is 180 Å². The summed E-state index contributed by atoms with van der Waals surface area (Å²) in [4.78, 5) is 114. The number of anilines is 1. The number of aliphatic hydroxyl groups is 2. The summed E-state index contributed by atoms with van der Waals surface area (Å²) in [6.07, 6.45) is 48.0. The Labute approximate surface area is 752 Å². The Morgan fingerprint density at radius 2 is 0.890 bits per heavy atom. The molecule has 0 radical (unpaired) electrons. The lowest BCUT2D eigenvalue weighted by Gasteiger charge is -2.21. The number of ether oxygens (including phenoxy) is 5. The maximum Gasteiger partial charge on any atom is 0.483 e. The van der Waals surface area contributed by atoms with Gasteiger partial charge >= 0.3 is 49.0 Å². The van der Waals surface area contributed by atoms with Crippen LogP contribution in [0.5, 0.6) is 5.75 Å². The first-order valence-corrected chi connectivity index (χ1v) is 44.3. The Hall–Kier alpha value is -11.2. The average Bonchev–Trinajstić information content (AvgIpc) is 0.826. The van der Waals surface area contributed by atoms with E-state index in [1.54, 1.807) is 91.0 Å². The van der Waals surface area contributed by atoms with Gasteiger partial charge in [-0.1, -0.05) is 131 Å². The maximum absolute atomic E-state index is 12.6. The van der Waals surface area contributed by atoms with Gasteiger partial charge in [0.15, 0.2) is 11.6 Å². The molecule has 5 aliphatic rings. The van der Waals surface area contributed by atoms with Crippen molar-refractivity contribution in [3.8, 4) is 5.75 Å². The fourth-order valence-electron chi connectivity index (χ4n) is 13.0. The Kier molecular flexibility index (Phi) is 47.4. The average molecular weight is 1910 g/mol. The second-order valence-electron chi connectivity index (χ2n) is 28.7. The van der Waals surface area contributed by atoms with Crippen LogP contribution in [0.2, 0.25) is 0 Å². The zero-order valence-electron chi connectivity index (χ0n) is 71.1. The number of benzene rings is 3. The van der Waals surface area contributed by atoms with Gasteiger partial charge in [-0.05, 0) is 191 Å². The predicted molar refractivity (Wildman–Crippen MR) is 470 cm³/mol. The molecule has 1 amide bonds. The summed E-state index contributed by atoms with van der Waals surface area (Å²) in [6.45, 7) is -0.0738. The summed E-state index contributed by atoms with van der Waals surface area (Å²) in [5, 5.41) is 43.2. The minimum Gasteiger partial charge on any atom is -0.488 e. The van der Waals surface area contributed by atoms with E-state index in [1.165, 1.54) is 185 Å². The van der Waals surface area contributed by atoms with Gasteiger partial charge in [0, 0.05) is 98.8 Å². The Bertz CT molecular complexity index is 4980. The van der Waals surface area contributed by atoms with E-state index in [-0.39, 0.29) is 66.7 Å².